The monoisotopic (exact) mass is 264 g/mol. The highest BCUT2D eigenvalue weighted by atomic mass is 16.5. The summed E-state index contributed by atoms with van der Waals surface area (Å²) in [5, 5.41) is 16.0. The number of aliphatic hydroxyl groups is 1. The van der Waals surface area contributed by atoms with Gasteiger partial charge in [0.1, 0.15) is 11.4 Å². The quantitative estimate of drug-likeness (QED) is 0.729. The number of hydrogen-bond donors (Lipinski definition) is 1. The Morgan fingerprint density at radius 3 is 2.79 bits per heavy atom. The van der Waals surface area contributed by atoms with Crippen molar-refractivity contribution >= 4 is 0 Å². The average molecular weight is 264 g/mol. The maximum absolute atomic E-state index is 8.64. The molecule has 0 unspecified atom stereocenters. The average Bonchev–Trinajstić information content (AvgIpc) is 2.90. The fourth-order valence-corrected chi connectivity index (χ4v) is 1.45. The normalized spacial score (nSPS) is 10.6. The number of ether oxygens (including phenoxy) is 2. The van der Waals surface area contributed by atoms with E-state index >= 15 is 0 Å². The number of hydrogen-bond acceptors (Lipinski definition) is 6. The van der Waals surface area contributed by atoms with E-state index in [9.17, 15) is 0 Å². The lowest BCUT2D eigenvalue weighted by molar-refractivity contribution is 0.1000. The molecule has 0 atom stereocenters. The Balaban J connectivity index is 1.82. The molecule has 0 radical (unpaired) electrons. The van der Waals surface area contributed by atoms with Crippen molar-refractivity contribution in [1.82, 2.24) is 10.4 Å². The number of nitrogens with zero attached hydrogens (tertiary/aromatic N) is 2. The lowest BCUT2D eigenvalue weighted by Crippen LogP contribution is -2.02. The molecule has 0 aliphatic heterocycles. The first-order valence-electron chi connectivity index (χ1n) is 6.06. The smallest absolute Gasteiger partial charge is 0.200 e. The molecule has 1 aromatic carbocycles. The predicted octanol–water partition coefficient (Wildman–Crippen LogP) is 1.55. The summed E-state index contributed by atoms with van der Waals surface area (Å²) in [6.45, 7) is 1.15. The van der Waals surface area contributed by atoms with E-state index in [0.717, 1.165) is 5.75 Å². The third kappa shape index (κ3) is 4.35. The predicted molar refractivity (Wildman–Crippen MR) is 66.4 cm³/mol. The lowest BCUT2D eigenvalue weighted by atomic mass is 10.3. The summed E-state index contributed by atoms with van der Waals surface area (Å²) < 4.78 is 15.9. The molecule has 0 bridgehead atoms. The van der Waals surface area contributed by atoms with Crippen molar-refractivity contribution < 1.29 is 19.1 Å². The maximum atomic E-state index is 8.64. The summed E-state index contributed by atoms with van der Waals surface area (Å²) in [5.74, 6) is 1.30. The number of benzene rings is 1. The molecule has 0 fully saturated rings. The molecule has 102 valence electrons. The minimum Gasteiger partial charge on any atom is -0.485 e. The highest BCUT2D eigenvalue weighted by Crippen LogP contribution is 2.13. The second-order valence-electron chi connectivity index (χ2n) is 3.87. The zero-order valence-corrected chi connectivity index (χ0v) is 10.5. The van der Waals surface area contributed by atoms with Crippen LogP contribution in [0.2, 0.25) is 0 Å². The first-order chi connectivity index (χ1) is 9.40. The molecule has 1 aromatic heterocycles. The highest BCUT2D eigenvalue weighted by Gasteiger charge is 2.11. The van der Waals surface area contributed by atoms with Crippen LogP contribution in [0.1, 0.15) is 17.9 Å². The fourth-order valence-electron chi connectivity index (χ4n) is 1.45. The third-order valence-corrected chi connectivity index (χ3v) is 2.43. The van der Waals surface area contributed by atoms with E-state index in [2.05, 4.69) is 10.4 Å². The SMILES string of the molecule is OCCCOCc1nnoc1COc1ccccc1. The van der Waals surface area contributed by atoms with Gasteiger partial charge < -0.3 is 19.1 Å². The molecule has 2 rings (SSSR count). The molecular weight excluding hydrogens is 248 g/mol. The van der Waals surface area contributed by atoms with Crippen LogP contribution in [0.4, 0.5) is 0 Å². The van der Waals surface area contributed by atoms with Gasteiger partial charge >= 0.3 is 0 Å². The summed E-state index contributed by atoms with van der Waals surface area (Å²) in [6.07, 6.45) is 0.598. The van der Waals surface area contributed by atoms with E-state index in [1.165, 1.54) is 0 Å². The highest BCUT2D eigenvalue weighted by molar-refractivity contribution is 5.21. The minimum absolute atomic E-state index is 0.112. The van der Waals surface area contributed by atoms with Gasteiger partial charge in [-0.15, -0.1) is 5.10 Å². The molecule has 6 nitrogen and oxygen atoms in total. The first-order valence-corrected chi connectivity index (χ1v) is 6.06. The molecule has 2 aromatic rings. The molecule has 0 saturated heterocycles. The Labute approximate surface area is 110 Å². The first kappa shape index (κ1) is 13.5. The zero-order valence-electron chi connectivity index (χ0n) is 10.5. The third-order valence-electron chi connectivity index (χ3n) is 2.43. The summed E-state index contributed by atoms with van der Waals surface area (Å²) in [6, 6.07) is 9.44. The molecular formula is C13H16N2O4. The van der Waals surface area contributed by atoms with Crippen molar-refractivity contribution in [3.05, 3.63) is 41.8 Å². The van der Waals surface area contributed by atoms with Crippen LogP contribution in [0.5, 0.6) is 5.75 Å². The largest absolute Gasteiger partial charge is 0.485 e. The fraction of sp³-hybridized carbons (Fsp3) is 0.385. The van der Waals surface area contributed by atoms with E-state index in [1.54, 1.807) is 0 Å². The van der Waals surface area contributed by atoms with Gasteiger partial charge in [-0.3, -0.25) is 0 Å². The molecule has 1 heterocycles. The molecule has 0 aliphatic carbocycles. The van der Waals surface area contributed by atoms with E-state index < -0.39 is 0 Å². The van der Waals surface area contributed by atoms with E-state index in [-0.39, 0.29) is 13.2 Å². The van der Waals surface area contributed by atoms with Crippen LogP contribution >= 0.6 is 0 Å². The summed E-state index contributed by atoms with van der Waals surface area (Å²) >= 11 is 0. The summed E-state index contributed by atoms with van der Waals surface area (Å²) in [4.78, 5) is 0. The molecule has 0 spiro atoms. The number of rotatable bonds is 8. The van der Waals surface area contributed by atoms with Gasteiger partial charge in [0.05, 0.1) is 6.61 Å². The Morgan fingerprint density at radius 2 is 2.00 bits per heavy atom. The Hall–Kier alpha value is -1.92. The van der Waals surface area contributed by atoms with Crippen LogP contribution in [-0.4, -0.2) is 28.7 Å². The molecule has 0 saturated carbocycles. The van der Waals surface area contributed by atoms with Gasteiger partial charge in [-0.05, 0) is 18.6 Å². The topological polar surface area (TPSA) is 77.6 Å². The van der Waals surface area contributed by atoms with Crippen LogP contribution in [0.15, 0.2) is 34.9 Å². The van der Waals surface area contributed by atoms with Gasteiger partial charge in [0.15, 0.2) is 12.4 Å². The second kappa shape index (κ2) is 7.50. The van der Waals surface area contributed by atoms with Crippen LogP contribution < -0.4 is 4.74 Å². The van der Waals surface area contributed by atoms with Gasteiger partial charge in [0.2, 0.25) is 0 Å². The van der Waals surface area contributed by atoms with Crippen LogP contribution in [0, 0.1) is 0 Å². The number of aromatic nitrogens is 2. The van der Waals surface area contributed by atoms with Crippen LogP contribution in [0.3, 0.4) is 0 Å². The Morgan fingerprint density at radius 1 is 1.16 bits per heavy atom. The van der Waals surface area contributed by atoms with Gasteiger partial charge in [-0.2, -0.15) is 0 Å². The molecule has 1 N–H and O–H groups in total. The molecule has 6 heteroatoms. The van der Waals surface area contributed by atoms with Gasteiger partial charge in [0.25, 0.3) is 0 Å². The van der Waals surface area contributed by atoms with Crippen molar-refractivity contribution in [1.29, 1.82) is 0 Å². The van der Waals surface area contributed by atoms with E-state index in [0.29, 0.717) is 31.1 Å². The van der Waals surface area contributed by atoms with Gasteiger partial charge in [0, 0.05) is 18.5 Å². The standard InChI is InChI=1S/C13H16N2O4/c16-7-4-8-17-9-12-13(19-15-14-12)10-18-11-5-2-1-3-6-11/h1-3,5-6,16H,4,7-10H2. The molecule has 19 heavy (non-hydrogen) atoms. The Kier molecular flexibility index (Phi) is 5.33. The van der Waals surface area contributed by atoms with Crippen molar-refractivity contribution in [2.24, 2.45) is 0 Å². The van der Waals surface area contributed by atoms with Crippen molar-refractivity contribution in [3.63, 3.8) is 0 Å². The number of aliphatic hydroxyl groups excluding tert-OH is 1. The van der Waals surface area contributed by atoms with E-state index in [4.69, 9.17) is 19.1 Å². The van der Waals surface area contributed by atoms with Crippen LogP contribution in [0.25, 0.3) is 0 Å². The Bertz CT molecular complexity index is 473. The van der Waals surface area contributed by atoms with Crippen LogP contribution in [-0.2, 0) is 18.0 Å². The van der Waals surface area contributed by atoms with E-state index in [1.807, 2.05) is 30.3 Å². The summed E-state index contributed by atoms with van der Waals surface area (Å²) in [5.41, 5.74) is 0.619. The zero-order chi connectivity index (χ0) is 13.3. The van der Waals surface area contributed by atoms with Gasteiger partial charge in [-0.1, -0.05) is 18.2 Å². The van der Waals surface area contributed by atoms with Crippen molar-refractivity contribution in [2.75, 3.05) is 13.2 Å². The summed E-state index contributed by atoms with van der Waals surface area (Å²) in [7, 11) is 0. The number of para-hydroxylation sites is 1. The van der Waals surface area contributed by atoms with Crippen molar-refractivity contribution in [2.45, 2.75) is 19.6 Å². The maximum Gasteiger partial charge on any atom is 0.200 e. The second-order valence-corrected chi connectivity index (χ2v) is 3.87. The van der Waals surface area contributed by atoms with Gasteiger partial charge in [-0.25, -0.2) is 0 Å². The molecule has 0 amide bonds. The van der Waals surface area contributed by atoms with Crippen molar-refractivity contribution in [3.8, 4) is 5.75 Å². The lowest BCUT2D eigenvalue weighted by Gasteiger charge is -2.04. The molecule has 0 aliphatic rings. The minimum atomic E-state index is 0.112.